The van der Waals surface area contributed by atoms with Crippen LogP contribution in [-0.4, -0.2) is 38.6 Å². The highest BCUT2D eigenvalue weighted by Gasteiger charge is 2.42. The summed E-state index contributed by atoms with van der Waals surface area (Å²) in [7, 11) is 2.18. The summed E-state index contributed by atoms with van der Waals surface area (Å²) in [6.07, 6.45) is 6.02. The summed E-state index contributed by atoms with van der Waals surface area (Å²) in [4.78, 5) is 24.7. The molecule has 140 valence electrons. The highest BCUT2D eigenvalue weighted by atomic mass is 16.1. The van der Waals surface area contributed by atoms with Crippen LogP contribution in [0.4, 0.5) is 0 Å². The Hall–Kier alpha value is -2.97. The lowest BCUT2D eigenvalue weighted by atomic mass is 9.87. The number of rotatable bonds is 0. The first-order valence-corrected chi connectivity index (χ1v) is 9.82. The van der Waals surface area contributed by atoms with Gasteiger partial charge in [0, 0.05) is 30.3 Å². The highest BCUT2D eigenvalue weighted by molar-refractivity contribution is 5.79. The predicted octanol–water partition coefficient (Wildman–Crippen LogP) is 2.60. The third-order valence-electron chi connectivity index (χ3n) is 6.25. The highest BCUT2D eigenvalue weighted by Crippen LogP contribution is 2.36. The molecule has 0 saturated carbocycles. The van der Waals surface area contributed by atoms with Crippen molar-refractivity contribution in [3.05, 3.63) is 70.0 Å². The number of hydrogen-bond donors (Lipinski definition) is 0. The monoisotopic (exact) mass is 370 g/mol. The van der Waals surface area contributed by atoms with Gasteiger partial charge in [-0.3, -0.25) is 14.3 Å². The average Bonchev–Trinajstić information content (AvgIpc) is 3.07. The van der Waals surface area contributed by atoms with Gasteiger partial charge in [0.1, 0.15) is 11.5 Å². The van der Waals surface area contributed by atoms with Crippen LogP contribution in [0, 0.1) is 11.8 Å². The standard InChI is InChI=1S/C23H22N4O/c1-26-14-4-11-23(26)12-10-21-25-20-15-17(6-8-18-5-2-3-13-24-18)7-9-19(20)22(28)27(21)16-23/h2-3,5,7,9,13,15H,4,10-12,14,16H2,1H3. The van der Waals surface area contributed by atoms with E-state index in [1.165, 1.54) is 6.42 Å². The molecule has 2 aliphatic heterocycles. The Morgan fingerprint density at radius 3 is 2.86 bits per heavy atom. The molecular formula is C23H22N4O. The summed E-state index contributed by atoms with van der Waals surface area (Å²) >= 11 is 0. The Morgan fingerprint density at radius 2 is 2.07 bits per heavy atom. The molecule has 0 amide bonds. The maximum Gasteiger partial charge on any atom is 0.261 e. The van der Waals surface area contributed by atoms with Crippen LogP contribution in [0.15, 0.2) is 47.4 Å². The lowest BCUT2D eigenvalue weighted by Gasteiger charge is -2.40. The minimum absolute atomic E-state index is 0.0728. The van der Waals surface area contributed by atoms with Crippen LogP contribution in [0.3, 0.4) is 0 Å². The number of aromatic nitrogens is 3. The van der Waals surface area contributed by atoms with Crippen molar-refractivity contribution in [3.63, 3.8) is 0 Å². The minimum atomic E-state index is 0.0728. The Balaban J connectivity index is 1.54. The molecule has 0 N–H and O–H groups in total. The molecule has 0 bridgehead atoms. The number of fused-ring (bicyclic) bond motifs is 2. The Morgan fingerprint density at radius 1 is 1.14 bits per heavy atom. The topological polar surface area (TPSA) is 51.0 Å². The Labute approximate surface area is 164 Å². The van der Waals surface area contributed by atoms with Gasteiger partial charge in [-0.05, 0) is 69.1 Å². The number of likely N-dealkylation sites (tertiary alicyclic amines) is 1. The van der Waals surface area contributed by atoms with Gasteiger partial charge >= 0.3 is 0 Å². The maximum atomic E-state index is 13.2. The van der Waals surface area contributed by atoms with E-state index in [0.29, 0.717) is 5.39 Å². The van der Waals surface area contributed by atoms with Crippen molar-refractivity contribution in [1.29, 1.82) is 0 Å². The number of pyridine rings is 1. The van der Waals surface area contributed by atoms with Gasteiger partial charge in [0.15, 0.2) is 0 Å². The molecule has 5 nitrogen and oxygen atoms in total. The summed E-state index contributed by atoms with van der Waals surface area (Å²) in [5.74, 6) is 7.09. The average molecular weight is 370 g/mol. The van der Waals surface area contributed by atoms with Gasteiger partial charge in [-0.1, -0.05) is 12.0 Å². The van der Waals surface area contributed by atoms with Crippen molar-refractivity contribution >= 4 is 10.9 Å². The lowest BCUT2D eigenvalue weighted by Crippen LogP contribution is -2.51. The van der Waals surface area contributed by atoms with Gasteiger partial charge in [0.05, 0.1) is 10.9 Å². The first-order chi connectivity index (χ1) is 13.6. The molecule has 1 fully saturated rings. The Kier molecular flexibility index (Phi) is 4.03. The normalized spacial score (nSPS) is 21.5. The second-order valence-electron chi connectivity index (χ2n) is 7.87. The molecule has 0 radical (unpaired) electrons. The van der Waals surface area contributed by atoms with Crippen LogP contribution in [0.5, 0.6) is 0 Å². The molecule has 3 aromatic rings. The van der Waals surface area contributed by atoms with Crippen molar-refractivity contribution in [1.82, 2.24) is 19.4 Å². The van der Waals surface area contributed by atoms with Crippen molar-refractivity contribution in [2.75, 3.05) is 13.6 Å². The lowest BCUT2D eigenvalue weighted by molar-refractivity contribution is 0.117. The minimum Gasteiger partial charge on any atom is -0.299 e. The maximum absolute atomic E-state index is 13.2. The zero-order valence-corrected chi connectivity index (χ0v) is 16.0. The molecule has 1 aromatic carbocycles. The molecule has 0 aliphatic carbocycles. The van der Waals surface area contributed by atoms with Crippen molar-refractivity contribution in [3.8, 4) is 11.8 Å². The number of hydrogen-bond acceptors (Lipinski definition) is 4. The van der Waals surface area contributed by atoms with Crippen LogP contribution < -0.4 is 5.56 Å². The zero-order valence-electron chi connectivity index (χ0n) is 16.0. The fourth-order valence-corrected chi connectivity index (χ4v) is 4.58. The first-order valence-electron chi connectivity index (χ1n) is 9.82. The van der Waals surface area contributed by atoms with E-state index in [9.17, 15) is 4.79 Å². The fraction of sp³-hybridized carbons (Fsp3) is 0.348. The van der Waals surface area contributed by atoms with E-state index >= 15 is 0 Å². The smallest absolute Gasteiger partial charge is 0.261 e. The van der Waals surface area contributed by atoms with E-state index in [4.69, 9.17) is 4.98 Å². The summed E-state index contributed by atoms with van der Waals surface area (Å²) < 4.78 is 1.91. The van der Waals surface area contributed by atoms with Crippen LogP contribution in [0.2, 0.25) is 0 Å². The van der Waals surface area contributed by atoms with Crippen molar-refractivity contribution < 1.29 is 0 Å². The largest absolute Gasteiger partial charge is 0.299 e. The van der Waals surface area contributed by atoms with Gasteiger partial charge in [-0.25, -0.2) is 9.97 Å². The van der Waals surface area contributed by atoms with Crippen LogP contribution >= 0.6 is 0 Å². The van der Waals surface area contributed by atoms with Crippen molar-refractivity contribution in [2.24, 2.45) is 0 Å². The molecule has 2 aliphatic rings. The number of aryl methyl sites for hydroxylation is 1. The van der Waals surface area contributed by atoms with Crippen LogP contribution in [0.1, 0.15) is 36.3 Å². The summed E-state index contributed by atoms with van der Waals surface area (Å²) in [5.41, 5.74) is 2.51. The fourth-order valence-electron chi connectivity index (χ4n) is 4.58. The van der Waals surface area contributed by atoms with Gasteiger partial charge < -0.3 is 0 Å². The number of likely N-dealkylation sites (N-methyl/N-ethyl adjacent to an activating group) is 1. The SMILES string of the molecule is CN1CCCC12CCc1nc3cc(C#Cc4ccccn4)ccc3c(=O)n1C2. The third-order valence-corrected chi connectivity index (χ3v) is 6.25. The molecule has 4 heterocycles. The van der Waals surface area contributed by atoms with Gasteiger partial charge in [-0.15, -0.1) is 0 Å². The van der Waals surface area contributed by atoms with Gasteiger partial charge in [0.25, 0.3) is 5.56 Å². The Bertz CT molecular complexity index is 1170. The zero-order chi connectivity index (χ0) is 19.1. The molecular weight excluding hydrogens is 348 g/mol. The second kappa shape index (κ2) is 6.57. The summed E-state index contributed by atoms with van der Waals surface area (Å²) in [6.45, 7) is 1.87. The predicted molar refractivity (Wildman–Crippen MR) is 109 cm³/mol. The second-order valence-corrected chi connectivity index (χ2v) is 7.87. The quantitative estimate of drug-likeness (QED) is 0.571. The van der Waals surface area contributed by atoms with E-state index in [-0.39, 0.29) is 11.1 Å². The summed E-state index contributed by atoms with van der Waals surface area (Å²) in [5, 5.41) is 0.671. The van der Waals surface area contributed by atoms with Crippen LogP contribution in [0.25, 0.3) is 10.9 Å². The number of nitrogens with zero attached hydrogens (tertiary/aromatic N) is 4. The first kappa shape index (κ1) is 17.2. The van der Waals surface area contributed by atoms with Gasteiger partial charge in [0.2, 0.25) is 0 Å². The molecule has 5 heteroatoms. The van der Waals surface area contributed by atoms with E-state index in [1.807, 2.05) is 41.0 Å². The number of benzene rings is 1. The van der Waals surface area contributed by atoms with Crippen molar-refractivity contribution in [2.45, 2.75) is 37.8 Å². The van der Waals surface area contributed by atoms with E-state index < -0.39 is 0 Å². The molecule has 5 rings (SSSR count). The molecule has 28 heavy (non-hydrogen) atoms. The molecule has 1 atom stereocenters. The summed E-state index contributed by atoms with van der Waals surface area (Å²) in [6, 6.07) is 11.3. The molecule has 1 spiro atoms. The third kappa shape index (κ3) is 2.81. The van der Waals surface area contributed by atoms with E-state index in [0.717, 1.165) is 55.0 Å². The van der Waals surface area contributed by atoms with E-state index in [1.54, 1.807) is 6.20 Å². The molecule has 1 unspecified atom stereocenters. The van der Waals surface area contributed by atoms with Crippen LogP contribution in [-0.2, 0) is 13.0 Å². The van der Waals surface area contributed by atoms with Gasteiger partial charge in [-0.2, -0.15) is 0 Å². The van der Waals surface area contributed by atoms with E-state index in [2.05, 4.69) is 28.8 Å². The molecule has 2 aromatic heterocycles. The molecule has 1 saturated heterocycles.